The number of benzene rings is 1. The summed E-state index contributed by atoms with van der Waals surface area (Å²) >= 11 is 0. The van der Waals surface area contributed by atoms with Crippen LogP contribution in [0.15, 0.2) is 47.1 Å². The Morgan fingerprint density at radius 1 is 0.970 bits per heavy atom. The molecule has 4 aromatic rings. The van der Waals surface area contributed by atoms with Crippen molar-refractivity contribution in [1.82, 2.24) is 29.5 Å². The monoisotopic (exact) mass is 448 g/mol. The third-order valence-corrected chi connectivity index (χ3v) is 5.74. The molecule has 0 aliphatic carbocycles. The lowest BCUT2D eigenvalue weighted by atomic mass is 10.1. The highest BCUT2D eigenvalue weighted by Gasteiger charge is 2.14. The van der Waals surface area contributed by atoms with Crippen molar-refractivity contribution in [1.29, 1.82) is 0 Å². The van der Waals surface area contributed by atoms with Crippen LogP contribution in [-0.2, 0) is 17.6 Å². The molecular weight excluding hydrogens is 420 g/mol. The number of nitrogens with one attached hydrogen (secondary N) is 1. The highest BCUT2D eigenvalue weighted by atomic mass is 16.5. The molecule has 3 aromatic heterocycles. The molecule has 0 radical (unpaired) electrons. The number of rotatable bonds is 9. The summed E-state index contributed by atoms with van der Waals surface area (Å²) < 4.78 is 12.2. The molecule has 5 rings (SSSR count). The largest absolute Gasteiger partial charge is 0.461 e. The van der Waals surface area contributed by atoms with Gasteiger partial charge in [-0.3, -0.25) is 4.90 Å². The van der Waals surface area contributed by atoms with E-state index in [2.05, 4.69) is 54.5 Å². The van der Waals surface area contributed by atoms with Crippen molar-refractivity contribution in [2.45, 2.75) is 19.3 Å². The molecule has 1 aliphatic heterocycles. The standard InChI is InChI=1S/C23H28N8O2/c24-21-27-22(28-23-26-20(29-31(21)23)19-4-2-14-33-19)25-10-9-18-7-5-17(6-8-18)3-1-11-30-12-15-32-16-13-30/h2,4-8,14H,1,3,9-13,15-16H2,(H3,24,25,26,27,28,29). The Morgan fingerprint density at radius 3 is 2.52 bits per heavy atom. The first-order valence-electron chi connectivity index (χ1n) is 11.3. The van der Waals surface area contributed by atoms with Crippen LogP contribution in [-0.4, -0.2) is 68.9 Å². The van der Waals surface area contributed by atoms with Gasteiger partial charge in [0.15, 0.2) is 5.76 Å². The number of nitrogens with two attached hydrogens (primary N) is 1. The Kier molecular flexibility index (Phi) is 6.45. The summed E-state index contributed by atoms with van der Waals surface area (Å²) in [6.07, 6.45) is 4.70. The fraction of sp³-hybridized carbons (Fsp3) is 0.391. The first-order chi connectivity index (χ1) is 16.2. The van der Waals surface area contributed by atoms with Gasteiger partial charge in [0.25, 0.3) is 5.78 Å². The Bertz CT molecular complexity index is 1170. The van der Waals surface area contributed by atoms with Crippen molar-refractivity contribution in [2.24, 2.45) is 0 Å². The fourth-order valence-corrected chi connectivity index (χ4v) is 3.92. The van der Waals surface area contributed by atoms with E-state index >= 15 is 0 Å². The summed E-state index contributed by atoms with van der Waals surface area (Å²) in [6, 6.07) is 12.4. The molecule has 1 saturated heterocycles. The van der Waals surface area contributed by atoms with Gasteiger partial charge >= 0.3 is 0 Å². The molecule has 0 amide bonds. The molecule has 0 atom stereocenters. The molecule has 1 aromatic carbocycles. The number of hydrogen-bond donors (Lipinski definition) is 2. The maximum atomic E-state index is 6.04. The minimum absolute atomic E-state index is 0.217. The van der Waals surface area contributed by atoms with Gasteiger partial charge in [0, 0.05) is 19.6 Å². The van der Waals surface area contributed by atoms with E-state index in [1.807, 2.05) is 0 Å². The van der Waals surface area contributed by atoms with Crippen molar-refractivity contribution in [3.8, 4) is 11.6 Å². The van der Waals surface area contributed by atoms with E-state index in [4.69, 9.17) is 14.9 Å². The summed E-state index contributed by atoms with van der Waals surface area (Å²) in [5.41, 5.74) is 8.68. The summed E-state index contributed by atoms with van der Waals surface area (Å²) in [5.74, 6) is 1.99. The quantitative estimate of drug-likeness (QED) is 0.397. The zero-order chi connectivity index (χ0) is 22.5. The molecule has 1 aliphatic rings. The van der Waals surface area contributed by atoms with Crippen molar-refractivity contribution in [3.05, 3.63) is 53.8 Å². The van der Waals surface area contributed by atoms with Crippen LogP contribution < -0.4 is 11.1 Å². The average Bonchev–Trinajstić information content (AvgIpc) is 3.51. The van der Waals surface area contributed by atoms with E-state index in [9.17, 15) is 0 Å². The highest BCUT2D eigenvalue weighted by Crippen LogP contribution is 2.17. The van der Waals surface area contributed by atoms with Gasteiger partial charge in [0.05, 0.1) is 19.5 Å². The minimum Gasteiger partial charge on any atom is -0.461 e. The summed E-state index contributed by atoms with van der Waals surface area (Å²) in [6.45, 7) is 5.65. The molecule has 1 fully saturated rings. The number of anilines is 2. The van der Waals surface area contributed by atoms with Gasteiger partial charge < -0.3 is 20.2 Å². The molecule has 0 bridgehead atoms. The number of hydrogen-bond acceptors (Lipinski definition) is 9. The third-order valence-electron chi connectivity index (χ3n) is 5.74. The summed E-state index contributed by atoms with van der Waals surface area (Å²) in [7, 11) is 0. The first-order valence-corrected chi connectivity index (χ1v) is 11.3. The van der Waals surface area contributed by atoms with Gasteiger partial charge in [0.2, 0.25) is 17.7 Å². The molecule has 4 heterocycles. The molecule has 10 heteroatoms. The predicted molar refractivity (Wildman–Crippen MR) is 125 cm³/mol. The first kappa shape index (κ1) is 21.4. The van der Waals surface area contributed by atoms with Crippen LogP contribution in [0.1, 0.15) is 17.5 Å². The Labute approximate surface area is 191 Å². The minimum atomic E-state index is 0.217. The Morgan fingerprint density at radius 2 is 1.76 bits per heavy atom. The van der Waals surface area contributed by atoms with Gasteiger partial charge in [0.1, 0.15) is 0 Å². The maximum Gasteiger partial charge on any atom is 0.259 e. The SMILES string of the molecule is Nc1nc(NCCc2ccc(CCCN3CCOCC3)cc2)nc2nc(-c3ccco3)nn12. The molecule has 3 N–H and O–H groups in total. The number of nitrogens with zero attached hydrogens (tertiary/aromatic N) is 6. The third kappa shape index (κ3) is 5.29. The second kappa shape index (κ2) is 9.97. The van der Waals surface area contributed by atoms with Gasteiger partial charge in [-0.1, -0.05) is 24.3 Å². The zero-order valence-electron chi connectivity index (χ0n) is 18.5. The zero-order valence-corrected chi connectivity index (χ0v) is 18.5. The maximum absolute atomic E-state index is 6.04. The molecule has 0 spiro atoms. The van der Waals surface area contributed by atoms with E-state index in [-0.39, 0.29) is 5.95 Å². The van der Waals surface area contributed by atoms with Gasteiger partial charge in [-0.2, -0.15) is 19.5 Å². The van der Waals surface area contributed by atoms with Crippen molar-refractivity contribution in [3.63, 3.8) is 0 Å². The van der Waals surface area contributed by atoms with Crippen molar-refractivity contribution in [2.75, 3.05) is 50.4 Å². The number of aryl methyl sites for hydroxylation is 1. The van der Waals surface area contributed by atoms with Gasteiger partial charge in [-0.15, -0.1) is 5.10 Å². The Balaban J connectivity index is 1.12. The number of nitrogen functional groups attached to an aromatic ring is 1. The normalized spacial score (nSPS) is 14.7. The van der Waals surface area contributed by atoms with Crippen LogP contribution in [0.25, 0.3) is 17.4 Å². The molecule has 172 valence electrons. The van der Waals surface area contributed by atoms with Crippen LogP contribution in [0, 0.1) is 0 Å². The van der Waals surface area contributed by atoms with Crippen LogP contribution in [0.4, 0.5) is 11.9 Å². The highest BCUT2D eigenvalue weighted by molar-refractivity contribution is 5.52. The van der Waals surface area contributed by atoms with E-state index in [0.717, 1.165) is 45.7 Å². The lowest BCUT2D eigenvalue weighted by molar-refractivity contribution is 0.0375. The average molecular weight is 449 g/mol. The summed E-state index contributed by atoms with van der Waals surface area (Å²) in [5, 5.41) is 7.54. The number of ether oxygens (including phenoxy) is 1. The van der Waals surface area contributed by atoms with E-state index in [0.29, 0.717) is 29.9 Å². The van der Waals surface area contributed by atoms with E-state index in [1.54, 1.807) is 18.4 Å². The number of morpholine rings is 1. The molecular formula is C23H28N8O2. The molecule has 10 nitrogen and oxygen atoms in total. The van der Waals surface area contributed by atoms with Gasteiger partial charge in [-0.25, -0.2) is 0 Å². The number of furan rings is 1. The predicted octanol–water partition coefficient (Wildman–Crippen LogP) is 2.28. The molecule has 0 saturated carbocycles. The van der Waals surface area contributed by atoms with Crippen molar-refractivity contribution < 1.29 is 9.15 Å². The van der Waals surface area contributed by atoms with Crippen LogP contribution >= 0.6 is 0 Å². The summed E-state index contributed by atoms with van der Waals surface area (Å²) in [4.78, 5) is 15.6. The van der Waals surface area contributed by atoms with E-state index < -0.39 is 0 Å². The second-order valence-corrected chi connectivity index (χ2v) is 8.08. The number of aromatic nitrogens is 5. The topological polar surface area (TPSA) is 120 Å². The van der Waals surface area contributed by atoms with Crippen LogP contribution in [0.3, 0.4) is 0 Å². The van der Waals surface area contributed by atoms with Crippen molar-refractivity contribution >= 4 is 17.7 Å². The Hall–Kier alpha value is -3.50. The molecule has 0 unspecified atom stereocenters. The van der Waals surface area contributed by atoms with Gasteiger partial charge in [-0.05, 0) is 49.1 Å². The number of fused-ring (bicyclic) bond motifs is 1. The fourth-order valence-electron chi connectivity index (χ4n) is 3.92. The van der Waals surface area contributed by atoms with Crippen LogP contribution in [0.5, 0.6) is 0 Å². The van der Waals surface area contributed by atoms with E-state index in [1.165, 1.54) is 22.1 Å². The van der Waals surface area contributed by atoms with Crippen LogP contribution in [0.2, 0.25) is 0 Å². The second-order valence-electron chi connectivity index (χ2n) is 8.08. The lowest BCUT2D eigenvalue weighted by Crippen LogP contribution is -2.36. The molecule has 33 heavy (non-hydrogen) atoms. The smallest absolute Gasteiger partial charge is 0.259 e. The lowest BCUT2D eigenvalue weighted by Gasteiger charge is -2.26.